The molecular weight excluding hydrogens is 575 g/mol. The molecule has 0 spiro atoms. The number of aromatic nitrogens is 4. The van der Waals surface area contributed by atoms with E-state index < -0.39 is 19.1 Å². The van der Waals surface area contributed by atoms with Gasteiger partial charge in [-0.2, -0.15) is 0 Å². The topological polar surface area (TPSA) is 107 Å². The van der Waals surface area contributed by atoms with Crippen LogP contribution in [0.3, 0.4) is 0 Å². The van der Waals surface area contributed by atoms with Gasteiger partial charge in [0, 0.05) is 18.3 Å². The lowest BCUT2D eigenvalue weighted by molar-refractivity contribution is -0.384. The number of halogens is 1. The Bertz CT molecular complexity index is 1730. The molecule has 1 aliphatic carbocycles. The first-order valence-corrected chi connectivity index (χ1v) is 16.8. The van der Waals surface area contributed by atoms with Crippen molar-refractivity contribution < 1.29 is 13.7 Å². The van der Waals surface area contributed by atoms with Crippen LogP contribution in [0, 0.1) is 15.9 Å². The van der Waals surface area contributed by atoms with E-state index in [1.807, 2.05) is 12.1 Å². The molecule has 11 heteroatoms. The van der Waals surface area contributed by atoms with E-state index in [0.717, 1.165) is 25.7 Å². The summed E-state index contributed by atoms with van der Waals surface area (Å²) in [6.45, 7) is 6.82. The van der Waals surface area contributed by atoms with Crippen molar-refractivity contribution in [1.82, 2.24) is 19.4 Å². The second-order valence-corrected chi connectivity index (χ2v) is 16.6. The number of imidazole rings is 1. The van der Waals surface area contributed by atoms with Crippen LogP contribution in [0.1, 0.15) is 46.5 Å². The molecule has 3 heterocycles. The van der Waals surface area contributed by atoms with Crippen molar-refractivity contribution >= 4 is 35.8 Å². The van der Waals surface area contributed by atoms with E-state index in [4.69, 9.17) is 4.43 Å². The Hall–Kier alpha value is -4.48. The molecule has 2 aromatic carbocycles. The molecule has 6 rings (SSSR count). The Balaban J connectivity index is 1.24. The van der Waals surface area contributed by atoms with Gasteiger partial charge in [-0.1, -0.05) is 81.4 Å². The summed E-state index contributed by atoms with van der Waals surface area (Å²) in [5, 5.41) is 17.6. The van der Waals surface area contributed by atoms with E-state index in [1.165, 1.54) is 39.4 Å². The highest BCUT2D eigenvalue weighted by atomic mass is 28.4. The number of pyridine rings is 1. The van der Waals surface area contributed by atoms with E-state index in [-0.39, 0.29) is 34.5 Å². The molecule has 1 fully saturated rings. The van der Waals surface area contributed by atoms with Crippen LogP contribution in [-0.4, -0.2) is 44.7 Å². The molecule has 1 aliphatic rings. The second kappa shape index (κ2) is 11.9. The van der Waals surface area contributed by atoms with Gasteiger partial charge in [-0.3, -0.25) is 14.5 Å². The maximum Gasteiger partial charge on any atom is 0.329 e. The third kappa shape index (κ3) is 5.60. The quantitative estimate of drug-likeness (QED) is 0.128. The Morgan fingerprint density at radius 2 is 1.57 bits per heavy atom. The molecule has 1 saturated carbocycles. The molecule has 0 atom stereocenters. The lowest BCUT2D eigenvalue weighted by atomic mass is 9.93. The molecule has 0 bridgehead atoms. The Kier molecular flexibility index (Phi) is 8.00. The summed E-state index contributed by atoms with van der Waals surface area (Å²) >= 11 is 0. The highest BCUT2D eigenvalue weighted by Crippen LogP contribution is 2.39. The molecule has 0 aliphatic heterocycles. The number of benzene rings is 2. The summed E-state index contributed by atoms with van der Waals surface area (Å²) in [6, 6.07) is 24.0. The number of nitrogens with zero attached hydrogens (tertiary/aromatic N) is 5. The fourth-order valence-corrected chi connectivity index (χ4v) is 11.1. The zero-order chi connectivity index (χ0) is 30.9. The Morgan fingerprint density at radius 1 is 0.932 bits per heavy atom. The third-order valence-corrected chi connectivity index (χ3v) is 13.5. The van der Waals surface area contributed by atoms with E-state index in [9.17, 15) is 14.5 Å². The van der Waals surface area contributed by atoms with Gasteiger partial charge in [-0.15, -0.1) is 0 Å². The van der Waals surface area contributed by atoms with Crippen LogP contribution < -0.4 is 15.7 Å². The molecule has 44 heavy (non-hydrogen) atoms. The lowest BCUT2D eigenvalue weighted by Crippen LogP contribution is -2.67. The molecule has 1 N–H and O–H groups in total. The van der Waals surface area contributed by atoms with E-state index in [0.29, 0.717) is 11.3 Å². The summed E-state index contributed by atoms with van der Waals surface area (Å²) in [5.41, 5.74) is 0.761. The van der Waals surface area contributed by atoms with Crippen molar-refractivity contribution in [2.75, 3.05) is 5.32 Å². The summed E-state index contributed by atoms with van der Waals surface area (Å²) < 4.78 is 22.8. The largest absolute Gasteiger partial charge is 0.404 e. The average molecular weight is 611 g/mol. The van der Waals surface area contributed by atoms with Crippen LogP contribution in [0.2, 0.25) is 5.04 Å². The van der Waals surface area contributed by atoms with Crippen molar-refractivity contribution in [3.8, 4) is 11.5 Å². The van der Waals surface area contributed by atoms with Gasteiger partial charge in [0.2, 0.25) is 5.82 Å². The van der Waals surface area contributed by atoms with Crippen LogP contribution in [0.5, 0.6) is 0 Å². The molecule has 5 aromatic rings. The maximum absolute atomic E-state index is 14.0. The fourth-order valence-electron chi connectivity index (χ4n) is 6.32. The van der Waals surface area contributed by atoms with Gasteiger partial charge in [0.05, 0.1) is 11.1 Å². The molecule has 0 amide bonds. The van der Waals surface area contributed by atoms with Gasteiger partial charge < -0.3 is 9.74 Å². The smallest absolute Gasteiger partial charge is 0.329 e. The number of nitro groups is 1. The van der Waals surface area contributed by atoms with E-state index in [2.05, 4.69) is 89.6 Å². The van der Waals surface area contributed by atoms with Gasteiger partial charge >= 0.3 is 5.69 Å². The maximum atomic E-state index is 14.0. The van der Waals surface area contributed by atoms with Crippen molar-refractivity contribution in [3.05, 3.63) is 107 Å². The highest BCUT2D eigenvalue weighted by Gasteiger charge is 2.51. The number of rotatable bonds is 8. The number of nitrogens with one attached hydrogen (secondary N) is 1. The minimum absolute atomic E-state index is 0.0323. The molecular formula is C33H35FN6O3Si. The summed E-state index contributed by atoms with van der Waals surface area (Å²) in [7, 11) is -2.69. The van der Waals surface area contributed by atoms with Gasteiger partial charge in [0.25, 0.3) is 8.32 Å². The Labute approximate surface area is 256 Å². The Morgan fingerprint density at radius 3 is 2.16 bits per heavy atom. The number of anilines is 1. The molecule has 3 aromatic heterocycles. The monoisotopic (exact) mass is 610 g/mol. The van der Waals surface area contributed by atoms with Crippen molar-refractivity contribution in [3.63, 3.8) is 0 Å². The normalized spacial score (nSPS) is 17.5. The minimum atomic E-state index is -2.69. The first kappa shape index (κ1) is 29.6. The van der Waals surface area contributed by atoms with E-state index in [1.54, 1.807) is 6.07 Å². The molecule has 226 valence electrons. The number of fused-ring (bicyclic) bond motifs is 1. The minimum Gasteiger partial charge on any atom is -0.404 e. The van der Waals surface area contributed by atoms with Crippen molar-refractivity contribution in [2.45, 2.75) is 63.6 Å². The van der Waals surface area contributed by atoms with Crippen LogP contribution in [-0.2, 0) is 4.43 Å². The average Bonchev–Trinajstić information content (AvgIpc) is 3.44. The number of hydrogen-bond acceptors (Lipinski definition) is 7. The molecule has 0 radical (unpaired) electrons. The van der Waals surface area contributed by atoms with Gasteiger partial charge in [0.1, 0.15) is 23.4 Å². The van der Waals surface area contributed by atoms with Gasteiger partial charge in [-0.25, -0.2) is 19.3 Å². The summed E-state index contributed by atoms with van der Waals surface area (Å²) in [5.74, 6) is -0.0725. The highest BCUT2D eigenvalue weighted by molar-refractivity contribution is 6.99. The van der Waals surface area contributed by atoms with Crippen LogP contribution in [0.15, 0.2) is 91.4 Å². The van der Waals surface area contributed by atoms with Gasteiger partial charge in [0.15, 0.2) is 5.82 Å². The van der Waals surface area contributed by atoms with Crippen molar-refractivity contribution in [2.24, 2.45) is 0 Å². The predicted molar refractivity (Wildman–Crippen MR) is 171 cm³/mol. The zero-order valence-corrected chi connectivity index (χ0v) is 26.0. The lowest BCUT2D eigenvalue weighted by Gasteiger charge is -2.46. The zero-order valence-electron chi connectivity index (χ0n) is 25.0. The molecule has 0 unspecified atom stereocenters. The van der Waals surface area contributed by atoms with E-state index >= 15 is 0 Å². The van der Waals surface area contributed by atoms with Crippen LogP contribution in [0.25, 0.3) is 17.2 Å². The standard InChI is InChI=1S/C33H35FN6O3Si/c1-33(2,3)44(26-10-6-4-7-11-26,27-12-8-5-9-13-27)43-25-17-15-24(16-18-25)37-32-29(40(41)42)21-36-31(38-32)28-20-35-30-19-14-23(34)22-39(28)30/h4-14,19-22,24-25H,15-18H2,1-3H3,(H,36,37,38)/t24-,25-. The van der Waals surface area contributed by atoms with Crippen LogP contribution >= 0.6 is 0 Å². The van der Waals surface area contributed by atoms with Gasteiger partial charge in [-0.05, 0) is 53.2 Å². The SMILES string of the molecule is CC(C)(C)[Si](O[C@H]1CC[C@H](Nc2nc(-c3cnc4ccc(F)cn34)ncc2[N+](=O)[O-])CC1)(c1ccccc1)c1ccccc1. The second-order valence-electron chi connectivity index (χ2n) is 12.3. The van der Waals surface area contributed by atoms with Crippen molar-refractivity contribution in [1.29, 1.82) is 0 Å². The van der Waals surface area contributed by atoms with Crippen LogP contribution in [0.4, 0.5) is 15.9 Å². The first-order valence-electron chi connectivity index (χ1n) is 14.9. The first-order chi connectivity index (χ1) is 21.2. The fraction of sp³-hybridized carbons (Fsp3) is 0.303. The predicted octanol–water partition coefficient (Wildman–Crippen LogP) is 6.14. The summed E-state index contributed by atoms with van der Waals surface area (Å²) in [4.78, 5) is 24.4. The molecule has 0 saturated heterocycles. The molecule has 9 nitrogen and oxygen atoms in total. The number of hydrogen-bond donors (Lipinski definition) is 1. The summed E-state index contributed by atoms with van der Waals surface area (Å²) in [6.07, 6.45) is 7.21. The third-order valence-electron chi connectivity index (χ3n) is 8.44.